The number of nitrogens with one attached hydrogen (secondary N) is 1. The molecular weight excluding hydrogens is 547 g/mol. The van der Waals surface area contributed by atoms with Crippen molar-refractivity contribution < 1.29 is 45.4 Å². The molecule has 1 saturated carbocycles. The minimum Gasteiger partial charge on any atom is -0.369 e. The van der Waals surface area contributed by atoms with Crippen LogP contribution >= 0.6 is 0 Å². The van der Waals surface area contributed by atoms with Crippen LogP contribution in [0.3, 0.4) is 0 Å². The topological polar surface area (TPSA) is 72.9 Å². The van der Waals surface area contributed by atoms with Crippen LogP contribution in [0.15, 0.2) is 42.5 Å². The van der Waals surface area contributed by atoms with Crippen LogP contribution in [0.25, 0.3) is 0 Å². The van der Waals surface area contributed by atoms with Gasteiger partial charge in [0.25, 0.3) is 11.5 Å². The fourth-order valence-electron chi connectivity index (χ4n) is 5.06. The second kappa shape index (κ2) is 11.4. The summed E-state index contributed by atoms with van der Waals surface area (Å²) in [6.45, 7) is 1.45. The zero-order valence-corrected chi connectivity index (χ0v) is 21.3. The maximum absolute atomic E-state index is 14.6. The number of hydrogen-bond donors (Lipinski definition) is 2. The number of benzene rings is 2. The van der Waals surface area contributed by atoms with Gasteiger partial charge in [0.2, 0.25) is 5.91 Å². The number of nitrogens with zero attached hydrogens (tertiary/aromatic N) is 2. The van der Waals surface area contributed by atoms with Crippen LogP contribution in [0, 0.1) is 11.7 Å². The fourth-order valence-corrected chi connectivity index (χ4v) is 5.06. The zero-order valence-electron chi connectivity index (χ0n) is 21.3. The Labute approximate surface area is 225 Å². The monoisotopic (exact) mass is 575 g/mol. The van der Waals surface area contributed by atoms with E-state index in [0.717, 1.165) is 43.9 Å². The Morgan fingerprint density at radius 2 is 1.45 bits per heavy atom. The Kier molecular flexibility index (Phi) is 8.46. The number of carbonyl (C=O) groups excluding carboxylic acids is 2. The molecule has 1 aliphatic heterocycles. The van der Waals surface area contributed by atoms with Crippen LogP contribution < -0.4 is 5.32 Å². The molecule has 2 aromatic rings. The van der Waals surface area contributed by atoms with E-state index in [2.05, 4.69) is 5.32 Å². The van der Waals surface area contributed by atoms with Gasteiger partial charge in [-0.25, -0.2) is 4.39 Å². The summed E-state index contributed by atoms with van der Waals surface area (Å²) in [6.07, 6.45) is -8.46. The first-order valence-corrected chi connectivity index (χ1v) is 12.8. The highest BCUT2D eigenvalue weighted by molar-refractivity contribution is 5.96. The van der Waals surface area contributed by atoms with E-state index in [4.69, 9.17) is 0 Å². The second-order valence-corrected chi connectivity index (χ2v) is 10.1. The first-order valence-electron chi connectivity index (χ1n) is 12.8. The molecule has 1 saturated heterocycles. The first-order chi connectivity index (χ1) is 18.7. The number of amides is 2. The number of rotatable bonds is 6. The molecule has 218 valence electrons. The molecule has 2 aliphatic rings. The first kappa shape index (κ1) is 29.8. The average molecular weight is 576 g/mol. The molecule has 4 rings (SSSR count). The van der Waals surface area contributed by atoms with Crippen molar-refractivity contribution >= 4 is 17.5 Å². The highest BCUT2D eigenvalue weighted by Gasteiger charge is 2.71. The molecule has 2 N–H and O–H groups in total. The van der Waals surface area contributed by atoms with Crippen molar-refractivity contribution in [3.8, 4) is 0 Å². The lowest BCUT2D eigenvalue weighted by molar-refractivity contribution is -0.376. The van der Waals surface area contributed by atoms with Crippen LogP contribution in [0.1, 0.15) is 47.2 Å². The minimum atomic E-state index is -5.96. The molecule has 2 fully saturated rings. The maximum atomic E-state index is 14.6. The van der Waals surface area contributed by atoms with Crippen molar-refractivity contribution in [2.45, 2.75) is 50.2 Å². The van der Waals surface area contributed by atoms with Gasteiger partial charge in [0.05, 0.1) is 5.69 Å². The molecule has 1 heterocycles. The third kappa shape index (κ3) is 6.09. The van der Waals surface area contributed by atoms with E-state index in [0.29, 0.717) is 30.8 Å². The molecule has 13 heteroatoms. The lowest BCUT2D eigenvalue weighted by Gasteiger charge is -2.35. The van der Waals surface area contributed by atoms with Crippen LogP contribution in [0.2, 0.25) is 0 Å². The molecule has 40 heavy (non-hydrogen) atoms. The SMILES string of the molecule is O=C(Nc1ccc(C(=O)N2CCN(Cc3ccc(C(O)(C(F)(F)F)C(F)(F)F)cc3)CC2)cc1F)C1CCCC1. The second-order valence-electron chi connectivity index (χ2n) is 10.1. The molecular formula is C27H28F7N3O3. The van der Waals surface area contributed by atoms with Gasteiger partial charge in [-0.15, -0.1) is 0 Å². The van der Waals surface area contributed by atoms with E-state index in [1.807, 2.05) is 4.90 Å². The third-order valence-corrected chi connectivity index (χ3v) is 7.46. The lowest BCUT2D eigenvalue weighted by atomic mass is 9.91. The number of carbonyl (C=O) groups is 2. The molecule has 0 atom stereocenters. The Morgan fingerprint density at radius 3 is 1.98 bits per heavy atom. The summed E-state index contributed by atoms with van der Waals surface area (Å²) in [6, 6.07) is 7.25. The van der Waals surface area contributed by atoms with Gasteiger partial charge in [-0.05, 0) is 36.6 Å². The molecule has 0 aromatic heterocycles. The highest BCUT2D eigenvalue weighted by atomic mass is 19.4. The van der Waals surface area contributed by atoms with Crippen LogP contribution in [-0.2, 0) is 16.9 Å². The van der Waals surface area contributed by atoms with Gasteiger partial charge in [-0.3, -0.25) is 14.5 Å². The molecule has 1 aliphatic carbocycles. The summed E-state index contributed by atoms with van der Waals surface area (Å²) in [5, 5.41) is 12.1. The Bertz CT molecular complexity index is 1200. The zero-order chi connectivity index (χ0) is 29.3. The van der Waals surface area contributed by atoms with Gasteiger partial charge < -0.3 is 15.3 Å². The number of hydrogen-bond acceptors (Lipinski definition) is 4. The van der Waals surface area contributed by atoms with E-state index < -0.39 is 35.2 Å². The minimum absolute atomic E-state index is 0.00759. The van der Waals surface area contributed by atoms with Crippen molar-refractivity contribution in [1.29, 1.82) is 0 Å². The predicted octanol–water partition coefficient (Wildman–Crippen LogP) is 5.22. The fraction of sp³-hybridized carbons (Fsp3) is 0.481. The summed E-state index contributed by atoms with van der Waals surface area (Å²) in [5.74, 6) is -1.51. The van der Waals surface area contributed by atoms with E-state index in [1.54, 1.807) is 0 Å². The smallest absolute Gasteiger partial charge is 0.369 e. The summed E-state index contributed by atoms with van der Waals surface area (Å²) in [4.78, 5) is 28.5. The lowest BCUT2D eigenvalue weighted by Crippen LogP contribution is -2.53. The third-order valence-electron chi connectivity index (χ3n) is 7.46. The van der Waals surface area contributed by atoms with Crippen molar-refractivity contribution in [3.05, 3.63) is 65.0 Å². The standard InChI is InChI=1S/C27H28F7N3O3/c28-21-15-19(7-10-22(21)35-23(38)18-3-1-2-4-18)24(39)37-13-11-36(12-14-37)16-17-5-8-20(9-6-17)25(40,26(29,30)31)27(32,33)34/h5-10,15,18,40H,1-4,11-14,16H2,(H,35,38). The number of anilines is 1. The summed E-state index contributed by atoms with van der Waals surface area (Å²) < 4.78 is 93.1. The molecule has 0 bridgehead atoms. The number of halogens is 7. The van der Waals surface area contributed by atoms with Crippen LogP contribution in [-0.4, -0.2) is 65.3 Å². The van der Waals surface area contributed by atoms with Gasteiger partial charge in [0.15, 0.2) is 0 Å². The van der Waals surface area contributed by atoms with Crippen molar-refractivity contribution in [1.82, 2.24) is 9.80 Å². The van der Waals surface area contributed by atoms with Gasteiger partial charge in [-0.2, -0.15) is 26.3 Å². The molecule has 2 amide bonds. The van der Waals surface area contributed by atoms with Gasteiger partial charge >= 0.3 is 12.4 Å². The maximum Gasteiger partial charge on any atom is 0.430 e. The molecule has 0 radical (unpaired) electrons. The summed E-state index contributed by atoms with van der Waals surface area (Å²) >= 11 is 0. The number of aliphatic hydroxyl groups is 1. The van der Waals surface area contributed by atoms with Crippen molar-refractivity contribution in [2.24, 2.45) is 5.92 Å². The van der Waals surface area contributed by atoms with Crippen molar-refractivity contribution in [2.75, 3.05) is 31.5 Å². The Balaban J connectivity index is 1.32. The Hall–Kier alpha value is -3.19. The van der Waals surface area contributed by atoms with E-state index in [9.17, 15) is 45.4 Å². The number of piperazine rings is 1. The van der Waals surface area contributed by atoms with Gasteiger partial charge in [0.1, 0.15) is 5.82 Å². The quantitative estimate of drug-likeness (QED) is 0.464. The van der Waals surface area contributed by atoms with E-state index in [-0.39, 0.29) is 42.7 Å². The van der Waals surface area contributed by atoms with Crippen LogP contribution in [0.5, 0.6) is 0 Å². The van der Waals surface area contributed by atoms with Crippen molar-refractivity contribution in [3.63, 3.8) is 0 Å². The summed E-state index contributed by atoms with van der Waals surface area (Å²) in [5.41, 5.74) is -5.77. The largest absolute Gasteiger partial charge is 0.430 e. The number of alkyl halides is 6. The Morgan fingerprint density at radius 1 is 0.875 bits per heavy atom. The molecule has 2 aromatic carbocycles. The average Bonchev–Trinajstić information content (AvgIpc) is 3.44. The predicted molar refractivity (Wildman–Crippen MR) is 131 cm³/mol. The van der Waals surface area contributed by atoms with E-state index in [1.165, 1.54) is 17.0 Å². The molecule has 6 nitrogen and oxygen atoms in total. The summed E-state index contributed by atoms with van der Waals surface area (Å²) in [7, 11) is 0. The molecule has 0 spiro atoms. The van der Waals surface area contributed by atoms with Gasteiger partial charge in [0, 0.05) is 49.8 Å². The normalized spacial score (nSPS) is 17.8. The van der Waals surface area contributed by atoms with Crippen LogP contribution in [0.4, 0.5) is 36.4 Å². The molecule has 0 unspecified atom stereocenters. The van der Waals surface area contributed by atoms with E-state index >= 15 is 0 Å². The highest BCUT2D eigenvalue weighted by Crippen LogP contribution is 2.50. The van der Waals surface area contributed by atoms with Gasteiger partial charge in [-0.1, -0.05) is 37.1 Å².